The lowest BCUT2D eigenvalue weighted by Gasteiger charge is -2.10. The Hall–Kier alpha value is -2.73. The molecule has 0 spiro atoms. The molecule has 0 atom stereocenters. The fourth-order valence-electron chi connectivity index (χ4n) is 2.66. The van der Waals surface area contributed by atoms with Crippen molar-refractivity contribution in [2.24, 2.45) is 0 Å². The fourth-order valence-corrected chi connectivity index (χ4v) is 3.69. The third-order valence-electron chi connectivity index (χ3n) is 4.16. The van der Waals surface area contributed by atoms with E-state index in [1.807, 2.05) is 42.5 Å². The van der Waals surface area contributed by atoms with Crippen molar-refractivity contribution in [2.45, 2.75) is 11.5 Å². The maximum absolute atomic E-state index is 12.6. The lowest BCUT2D eigenvalue weighted by Crippen LogP contribution is -2.36. The summed E-state index contributed by atoms with van der Waals surface area (Å²) < 4.78 is 5.81. The van der Waals surface area contributed by atoms with Gasteiger partial charge in [-0.15, -0.1) is 0 Å². The van der Waals surface area contributed by atoms with E-state index in [-0.39, 0.29) is 24.1 Å². The zero-order valence-corrected chi connectivity index (χ0v) is 16.2. The highest BCUT2D eigenvalue weighted by molar-refractivity contribution is 7.97. The standard InChI is InChI=1S/C21H22N2O3S/c1-23(2)19(24)12-22-21(25)20-17(16-10-6-7-11-18(16)26-20)14-27-13-15-8-4-3-5-9-15/h3-11H,12-14H2,1-2H3,(H,22,25). The number of fused-ring (bicyclic) bond motifs is 1. The Morgan fingerprint density at radius 1 is 1.00 bits per heavy atom. The van der Waals surface area contributed by atoms with E-state index < -0.39 is 0 Å². The van der Waals surface area contributed by atoms with Gasteiger partial charge in [-0.1, -0.05) is 48.5 Å². The average Bonchev–Trinajstić information content (AvgIpc) is 3.05. The molecule has 0 fully saturated rings. The van der Waals surface area contributed by atoms with E-state index in [1.165, 1.54) is 10.5 Å². The summed E-state index contributed by atoms with van der Waals surface area (Å²) in [4.78, 5) is 25.8. The molecule has 0 saturated heterocycles. The van der Waals surface area contributed by atoms with Gasteiger partial charge in [-0.3, -0.25) is 9.59 Å². The van der Waals surface area contributed by atoms with Crippen molar-refractivity contribution in [1.82, 2.24) is 10.2 Å². The zero-order valence-electron chi connectivity index (χ0n) is 15.4. The highest BCUT2D eigenvalue weighted by Crippen LogP contribution is 2.30. The lowest BCUT2D eigenvalue weighted by molar-refractivity contribution is -0.127. The van der Waals surface area contributed by atoms with Gasteiger partial charge in [0.15, 0.2) is 5.76 Å². The molecule has 0 unspecified atom stereocenters. The Labute approximate surface area is 162 Å². The lowest BCUT2D eigenvalue weighted by atomic mass is 10.1. The maximum atomic E-state index is 12.6. The van der Waals surface area contributed by atoms with Gasteiger partial charge in [0.25, 0.3) is 5.91 Å². The van der Waals surface area contributed by atoms with Crippen LogP contribution >= 0.6 is 11.8 Å². The van der Waals surface area contributed by atoms with Gasteiger partial charge in [-0.05, 0) is 11.6 Å². The van der Waals surface area contributed by atoms with Crippen LogP contribution in [0, 0.1) is 0 Å². The summed E-state index contributed by atoms with van der Waals surface area (Å²) in [5.41, 5.74) is 2.77. The number of hydrogen-bond acceptors (Lipinski definition) is 4. The Morgan fingerprint density at radius 3 is 2.44 bits per heavy atom. The summed E-state index contributed by atoms with van der Waals surface area (Å²) in [6, 6.07) is 17.8. The van der Waals surface area contributed by atoms with Crippen molar-refractivity contribution in [3.63, 3.8) is 0 Å². The predicted molar refractivity (Wildman–Crippen MR) is 109 cm³/mol. The van der Waals surface area contributed by atoms with Gasteiger partial charge in [0.2, 0.25) is 5.91 Å². The molecule has 0 saturated carbocycles. The van der Waals surface area contributed by atoms with E-state index in [0.29, 0.717) is 11.3 Å². The Bertz CT molecular complexity index is 935. The van der Waals surface area contributed by atoms with E-state index in [9.17, 15) is 9.59 Å². The first kappa shape index (κ1) is 19.0. The number of carbonyl (C=O) groups excluding carboxylic acids is 2. The first-order valence-corrected chi connectivity index (χ1v) is 9.82. The molecule has 6 heteroatoms. The molecule has 0 radical (unpaired) electrons. The molecule has 5 nitrogen and oxygen atoms in total. The van der Waals surface area contributed by atoms with Crippen LogP contribution < -0.4 is 5.32 Å². The molecular formula is C21H22N2O3S. The highest BCUT2D eigenvalue weighted by Gasteiger charge is 2.21. The Kier molecular flexibility index (Phi) is 6.19. The summed E-state index contributed by atoms with van der Waals surface area (Å²) in [5.74, 6) is 1.25. The van der Waals surface area contributed by atoms with Crippen LogP contribution in [0.3, 0.4) is 0 Å². The number of likely N-dealkylation sites (N-methyl/N-ethyl adjacent to an activating group) is 1. The largest absolute Gasteiger partial charge is 0.451 e. The van der Waals surface area contributed by atoms with Crippen LogP contribution in [0.4, 0.5) is 0 Å². The third-order valence-corrected chi connectivity index (χ3v) is 5.19. The second kappa shape index (κ2) is 8.77. The molecular weight excluding hydrogens is 360 g/mol. The average molecular weight is 382 g/mol. The number of benzene rings is 2. The molecule has 0 aliphatic rings. The van der Waals surface area contributed by atoms with E-state index in [0.717, 1.165) is 16.7 Å². The smallest absolute Gasteiger partial charge is 0.287 e. The van der Waals surface area contributed by atoms with Crippen LogP contribution in [0.25, 0.3) is 11.0 Å². The summed E-state index contributed by atoms with van der Waals surface area (Å²) in [6.07, 6.45) is 0. The minimum atomic E-state index is -0.364. The van der Waals surface area contributed by atoms with Crippen LogP contribution in [-0.2, 0) is 16.3 Å². The SMILES string of the molecule is CN(C)C(=O)CNC(=O)c1oc2ccccc2c1CSCc1ccccc1. The van der Waals surface area contributed by atoms with Crippen molar-refractivity contribution in [1.29, 1.82) is 0 Å². The Morgan fingerprint density at radius 2 is 1.70 bits per heavy atom. The highest BCUT2D eigenvalue weighted by atomic mass is 32.2. The van der Waals surface area contributed by atoms with Crippen LogP contribution in [0.5, 0.6) is 0 Å². The van der Waals surface area contributed by atoms with Crippen molar-refractivity contribution in [3.8, 4) is 0 Å². The topological polar surface area (TPSA) is 62.6 Å². The molecule has 27 heavy (non-hydrogen) atoms. The number of nitrogens with one attached hydrogen (secondary N) is 1. The summed E-state index contributed by atoms with van der Waals surface area (Å²) in [5, 5.41) is 3.59. The molecule has 1 heterocycles. The Balaban J connectivity index is 1.76. The quantitative estimate of drug-likeness (QED) is 0.677. The first-order valence-electron chi connectivity index (χ1n) is 8.66. The van der Waals surface area contributed by atoms with Crippen molar-refractivity contribution in [3.05, 3.63) is 71.5 Å². The molecule has 140 valence electrons. The van der Waals surface area contributed by atoms with E-state index in [4.69, 9.17) is 4.42 Å². The van der Waals surface area contributed by atoms with Gasteiger partial charge in [-0.2, -0.15) is 11.8 Å². The number of thioether (sulfide) groups is 1. The fraction of sp³-hybridized carbons (Fsp3) is 0.238. The number of furan rings is 1. The predicted octanol–water partition coefficient (Wildman–Crippen LogP) is 3.68. The summed E-state index contributed by atoms with van der Waals surface area (Å²) in [6.45, 7) is -0.0561. The molecule has 0 bridgehead atoms. The monoisotopic (exact) mass is 382 g/mol. The van der Waals surface area contributed by atoms with Gasteiger partial charge in [0.1, 0.15) is 5.58 Å². The maximum Gasteiger partial charge on any atom is 0.287 e. The minimum absolute atomic E-state index is 0.0561. The number of rotatable bonds is 7. The summed E-state index contributed by atoms with van der Waals surface area (Å²) in [7, 11) is 3.31. The second-order valence-corrected chi connectivity index (χ2v) is 7.34. The first-order chi connectivity index (χ1) is 13.1. The molecule has 2 amide bonds. The van der Waals surface area contributed by atoms with Crippen LogP contribution in [0.1, 0.15) is 21.7 Å². The number of nitrogens with zero attached hydrogens (tertiary/aromatic N) is 1. The number of hydrogen-bond donors (Lipinski definition) is 1. The van der Waals surface area contributed by atoms with Gasteiger partial charge in [-0.25, -0.2) is 0 Å². The molecule has 0 aliphatic heterocycles. The molecule has 3 aromatic rings. The number of para-hydroxylation sites is 1. The van der Waals surface area contributed by atoms with E-state index in [1.54, 1.807) is 25.9 Å². The molecule has 3 rings (SSSR count). The molecule has 0 aliphatic carbocycles. The van der Waals surface area contributed by atoms with Crippen molar-refractivity contribution in [2.75, 3.05) is 20.6 Å². The van der Waals surface area contributed by atoms with Crippen LogP contribution in [-0.4, -0.2) is 37.4 Å². The second-order valence-electron chi connectivity index (χ2n) is 6.36. The summed E-state index contributed by atoms with van der Waals surface area (Å²) >= 11 is 1.72. The van der Waals surface area contributed by atoms with Gasteiger partial charge in [0.05, 0.1) is 6.54 Å². The van der Waals surface area contributed by atoms with E-state index in [2.05, 4.69) is 17.4 Å². The van der Waals surface area contributed by atoms with Gasteiger partial charge in [0, 0.05) is 36.6 Å². The number of amides is 2. The van der Waals surface area contributed by atoms with Crippen LogP contribution in [0.15, 0.2) is 59.0 Å². The minimum Gasteiger partial charge on any atom is -0.451 e. The van der Waals surface area contributed by atoms with Gasteiger partial charge < -0.3 is 14.6 Å². The molecule has 2 aromatic carbocycles. The third kappa shape index (κ3) is 4.71. The van der Waals surface area contributed by atoms with E-state index >= 15 is 0 Å². The normalized spacial score (nSPS) is 10.7. The van der Waals surface area contributed by atoms with Crippen molar-refractivity contribution < 1.29 is 14.0 Å². The van der Waals surface area contributed by atoms with Crippen molar-refractivity contribution >= 4 is 34.5 Å². The molecule has 1 N–H and O–H groups in total. The zero-order chi connectivity index (χ0) is 19.2. The molecule has 1 aromatic heterocycles. The van der Waals surface area contributed by atoms with Gasteiger partial charge >= 0.3 is 0 Å². The number of carbonyl (C=O) groups is 2. The van der Waals surface area contributed by atoms with Crippen LogP contribution in [0.2, 0.25) is 0 Å².